The van der Waals surface area contributed by atoms with E-state index < -0.39 is 0 Å². The summed E-state index contributed by atoms with van der Waals surface area (Å²) in [6.07, 6.45) is 2.50. The van der Waals surface area contributed by atoms with Crippen molar-refractivity contribution in [3.8, 4) is 11.4 Å². The van der Waals surface area contributed by atoms with E-state index in [1.807, 2.05) is 18.1 Å². The number of aryl methyl sites for hydroxylation is 1. The highest BCUT2D eigenvalue weighted by molar-refractivity contribution is 9.10. The molecule has 0 atom stereocenters. The van der Waals surface area contributed by atoms with Crippen LogP contribution in [0, 0.1) is 6.92 Å². The molecule has 0 saturated heterocycles. The van der Waals surface area contributed by atoms with Gasteiger partial charge in [0, 0.05) is 13.5 Å². The Morgan fingerprint density at radius 3 is 2.91 bits per heavy atom. The van der Waals surface area contributed by atoms with Gasteiger partial charge in [-0.2, -0.15) is 0 Å². The van der Waals surface area contributed by atoms with E-state index in [-0.39, 0.29) is 0 Å². The van der Waals surface area contributed by atoms with Gasteiger partial charge in [-0.15, -0.1) is 5.10 Å². The molecule has 116 valence electrons. The minimum absolute atomic E-state index is 0.664. The molecule has 23 heavy (non-hydrogen) atoms. The Labute approximate surface area is 142 Å². The van der Waals surface area contributed by atoms with Gasteiger partial charge in [-0.3, -0.25) is 4.57 Å². The first-order valence-electron chi connectivity index (χ1n) is 7.25. The maximum Gasteiger partial charge on any atom is 0.132 e. The van der Waals surface area contributed by atoms with E-state index in [0.29, 0.717) is 6.42 Å². The molecule has 3 heterocycles. The molecular weight excluding hydrogens is 356 g/mol. The average molecular weight is 371 g/mol. The van der Waals surface area contributed by atoms with Crippen LogP contribution in [0.3, 0.4) is 0 Å². The quantitative estimate of drug-likeness (QED) is 0.589. The fourth-order valence-corrected chi connectivity index (χ4v) is 3.31. The second kappa shape index (κ2) is 5.06. The molecule has 1 aliphatic rings. The molecular formula is C16H15BrN6. The molecule has 1 aliphatic heterocycles. The number of nitrogens with zero attached hydrogens (tertiary/aromatic N) is 5. The largest absolute Gasteiger partial charge is 0.387 e. The lowest BCUT2D eigenvalue weighted by molar-refractivity contribution is 0.777. The van der Waals surface area contributed by atoms with E-state index in [9.17, 15) is 0 Å². The van der Waals surface area contributed by atoms with Gasteiger partial charge in [-0.25, -0.2) is 9.67 Å². The monoisotopic (exact) mass is 370 g/mol. The van der Waals surface area contributed by atoms with Gasteiger partial charge in [-0.05, 0) is 40.5 Å². The Morgan fingerprint density at radius 2 is 2.13 bits per heavy atom. The number of rotatable bonds is 2. The summed E-state index contributed by atoms with van der Waals surface area (Å²) in [5.41, 5.74) is 6.80. The van der Waals surface area contributed by atoms with Crippen molar-refractivity contribution in [2.45, 2.75) is 13.3 Å². The number of aromatic nitrogens is 5. The van der Waals surface area contributed by atoms with Crippen LogP contribution in [0.1, 0.15) is 22.6 Å². The molecule has 0 aliphatic carbocycles. The van der Waals surface area contributed by atoms with Crippen molar-refractivity contribution >= 4 is 21.6 Å². The van der Waals surface area contributed by atoms with Gasteiger partial charge in [0.15, 0.2) is 0 Å². The van der Waals surface area contributed by atoms with Crippen molar-refractivity contribution in [2.24, 2.45) is 0 Å². The summed E-state index contributed by atoms with van der Waals surface area (Å²) >= 11 is 3.55. The van der Waals surface area contributed by atoms with E-state index in [4.69, 9.17) is 0 Å². The summed E-state index contributed by atoms with van der Waals surface area (Å²) in [7, 11) is 1.84. The van der Waals surface area contributed by atoms with Crippen LogP contribution in [0.5, 0.6) is 0 Å². The molecule has 0 amide bonds. The molecule has 0 bridgehead atoms. The molecule has 0 saturated carbocycles. The molecule has 2 aromatic heterocycles. The Balaban J connectivity index is 2.07. The molecule has 0 unspecified atom stereocenters. The van der Waals surface area contributed by atoms with E-state index >= 15 is 0 Å². The van der Waals surface area contributed by atoms with Gasteiger partial charge in [0.1, 0.15) is 16.6 Å². The van der Waals surface area contributed by atoms with Crippen molar-refractivity contribution in [2.75, 3.05) is 7.05 Å². The summed E-state index contributed by atoms with van der Waals surface area (Å²) in [6, 6.07) is 6.29. The molecule has 3 aromatic rings. The average Bonchev–Trinajstić information content (AvgIpc) is 3.09. The van der Waals surface area contributed by atoms with Crippen LogP contribution in [0.25, 0.3) is 17.1 Å². The number of hydrogen-bond acceptors (Lipinski definition) is 4. The molecule has 1 N–H and O–H groups in total. The Hall–Kier alpha value is -2.41. The van der Waals surface area contributed by atoms with Crippen LogP contribution in [0.15, 0.2) is 35.7 Å². The van der Waals surface area contributed by atoms with Crippen LogP contribution in [0.4, 0.5) is 0 Å². The second-order valence-electron chi connectivity index (χ2n) is 5.55. The van der Waals surface area contributed by atoms with Crippen molar-refractivity contribution < 1.29 is 0 Å². The Bertz CT molecular complexity index is 936. The lowest BCUT2D eigenvalue weighted by atomic mass is 10.1. The number of nitrogens with one attached hydrogen (secondary N) is 1. The normalized spacial score (nSPS) is 12.1. The molecule has 6 nitrogen and oxygen atoms in total. The fourth-order valence-electron chi connectivity index (χ4n) is 2.89. The first kappa shape index (κ1) is 14.2. The van der Waals surface area contributed by atoms with Crippen LogP contribution in [-0.2, 0) is 6.42 Å². The number of fused-ring (bicyclic) bond motifs is 5. The maximum atomic E-state index is 4.40. The van der Waals surface area contributed by atoms with Gasteiger partial charge >= 0.3 is 0 Å². The highest BCUT2D eigenvalue weighted by atomic mass is 79.9. The lowest BCUT2D eigenvalue weighted by Gasteiger charge is -2.10. The van der Waals surface area contributed by atoms with Crippen LogP contribution in [0.2, 0.25) is 0 Å². The van der Waals surface area contributed by atoms with Crippen molar-refractivity contribution in [3.63, 3.8) is 0 Å². The summed E-state index contributed by atoms with van der Waals surface area (Å²) in [6.45, 7) is 6.10. The predicted octanol–water partition coefficient (Wildman–Crippen LogP) is 2.62. The van der Waals surface area contributed by atoms with Crippen LogP contribution in [-0.4, -0.2) is 31.6 Å². The highest BCUT2D eigenvalue weighted by Crippen LogP contribution is 2.32. The fraction of sp³-hybridized carbons (Fsp3) is 0.188. The van der Waals surface area contributed by atoms with E-state index in [1.165, 1.54) is 5.56 Å². The predicted molar refractivity (Wildman–Crippen MR) is 91.8 cm³/mol. The molecule has 0 spiro atoms. The Morgan fingerprint density at radius 1 is 1.30 bits per heavy atom. The van der Waals surface area contributed by atoms with Crippen LogP contribution < -0.4 is 5.32 Å². The first-order valence-corrected chi connectivity index (χ1v) is 8.04. The van der Waals surface area contributed by atoms with Crippen LogP contribution >= 0.6 is 15.9 Å². The van der Waals surface area contributed by atoms with Gasteiger partial charge in [0.2, 0.25) is 0 Å². The zero-order valence-electron chi connectivity index (χ0n) is 12.8. The number of benzene rings is 1. The lowest BCUT2D eigenvalue weighted by Crippen LogP contribution is -2.08. The number of halogens is 1. The van der Waals surface area contributed by atoms with E-state index in [2.05, 4.69) is 72.8 Å². The third-order valence-electron chi connectivity index (χ3n) is 4.12. The van der Waals surface area contributed by atoms with Gasteiger partial charge < -0.3 is 5.32 Å². The minimum Gasteiger partial charge on any atom is -0.387 e. The van der Waals surface area contributed by atoms with Crippen molar-refractivity contribution in [3.05, 3.63) is 58.4 Å². The number of hydrogen-bond donors (Lipinski definition) is 1. The molecule has 1 aromatic carbocycles. The van der Waals surface area contributed by atoms with Crippen molar-refractivity contribution in [1.29, 1.82) is 0 Å². The van der Waals surface area contributed by atoms with E-state index in [0.717, 1.165) is 38.8 Å². The standard InChI is InChI=1S/C16H15BrN6/c1-9-4-5-11-12(6-9)23-13(15(20-21-23)10(2)18-3)7-14-16(17)19-8-22(11)14/h4-6,8,18H,2,7H2,1,3H3. The van der Waals surface area contributed by atoms with E-state index in [1.54, 1.807) is 0 Å². The third-order valence-corrected chi connectivity index (χ3v) is 4.78. The maximum absolute atomic E-state index is 4.40. The summed E-state index contributed by atoms with van der Waals surface area (Å²) in [5.74, 6) is 0. The van der Waals surface area contributed by atoms with Gasteiger partial charge in [-0.1, -0.05) is 17.9 Å². The summed E-state index contributed by atoms with van der Waals surface area (Å²) in [5, 5.41) is 11.8. The summed E-state index contributed by atoms with van der Waals surface area (Å²) in [4.78, 5) is 4.40. The first-order chi connectivity index (χ1) is 11.1. The smallest absolute Gasteiger partial charge is 0.132 e. The number of imidazole rings is 1. The summed E-state index contributed by atoms with van der Waals surface area (Å²) < 4.78 is 4.83. The SMILES string of the molecule is C=C(NC)c1nnn2c1Cc1c(Br)ncn1-c1ccc(C)cc1-2. The highest BCUT2D eigenvalue weighted by Gasteiger charge is 2.26. The van der Waals surface area contributed by atoms with Gasteiger partial charge in [0.25, 0.3) is 0 Å². The third kappa shape index (κ3) is 2.03. The Kier molecular flexibility index (Phi) is 3.12. The molecule has 0 fully saturated rings. The minimum atomic E-state index is 0.664. The second-order valence-corrected chi connectivity index (χ2v) is 6.30. The molecule has 0 radical (unpaired) electrons. The zero-order chi connectivity index (χ0) is 16.1. The molecule has 4 rings (SSSR count). The zero-order valence-corrected chi connectivity index (χ0v) is 14.4. The van der Waals surface area contributed by atoms with Gasteiger partial charge in [0.05, 0.1) is 28.5 Å². The van der Waals surface area contributed by atoms with Crippen molar-refractivity contribution in [1.82, 2.24) is 29.9 Å². The topological polar surface area (TPSA) is 60.6 Å². The molecule has 7 heteroatoms.